The van der Waals surface area contributed by atoms with Gasteiger partial charge in [0.05, 0.1) is 6.04 Å². The zero-order valence-electron chi connectivity index (χ0n) is 11.0. The Morgan fingerprint density at radius 2 is 2.21 bits per heavy atom. The Balaban J connectivity index is 2.28. The summed E-state index contributed by atoms with van der Waals surface area (Å²) in [4.78, 5) is 19.8. The highest BCUT2D eigenvalue weighted by molar-refractivity contribution is 7.09. The predicted molar refractivity (Wildman–Crippen MR) is 74.8 cm³/mol. The van der Waals surface area contributed by atoms with Crippen molar-refractivity contribution < 1.29 is 9.90 Å². The molecular formula is C13H15N3O2S. The van der Waals surface area contributed by atoms with Crippen LogP contribution in [0.15, 0.2) is 17.6 Å². The predicted octanol–water partition coefficient (Wildman–Crippen LogP) is 3.03. The average Bonchev–Trinajstić information content (AvgIpc) is 2.75. The van der Waals surface area contributed by atoms with Crippen molar-refractivity contribution in [2.45, 2.75) is 26.8 Å². The van der Waals surface area contributed by atoms with Crippen LogP contribution in [0.25, 0.3) is 0 Å². The third-order valence-corrected chi connectivity index (χ3v) is 3.88. The first-order valence-electron chi connectivity index (χ1n) is 5.86. The highest BCUT2D eigenvalue weighted by Crippen LogP contribution is 2.24. The van der Waals surface area contributed by atoms with Crippen molar-refractivity contribution >= 4 is 23.1 Å². The third-order valence-electron chi connectivity index (χ3n) is 2.73. The number of aryl methyl sites for hydroxylation is 2. The molecule has 2 aromatic heterocycles. The summed E-state index contributed by atoms with van der Waals surface area (Å²) in [5, 5.41) is 15.2. The van der Waals surface area contributed by atoms with Gasteiger partial charge in [-0.05, 0) is 32.4 Å². The van der Waals surface area contributed by atoms with Crippen molar-refractivity contribution in [2.75, 3.05) is 5.32 Å². The van der Waals surface area contributed by atoms with Gasteiger partial charge in [0.25, 0.3) is 0 Å². The second-order valence-corrected chi connectivity index (χ2v) is 5.24. The number of rotatable bonds is 4. The van der Waals surface area contributed by atoms with Gasteiger partial charge in [-0.25, -0.2) is 14.8 Å². The summed E-state index contributed by atoms with van der Waals surface area (Å²) in [5.74, 6) is -0.594. The van der Waals surface area contributed by atoms with Crippen molar-refractivity contribution in [1.82, 2.24) is 9.97 Å². The number of carbonyl (C=O) groups is 1. The molecule has 0 bridgehead atoms. The van der Waals surface area contributed by atoms with Crippen LogP contribution >= 0.6 is 11.3 Å². The summed E-state index contributed by atoms with van der Waals surface area (Å²) in [6.07, 6.45) is 1.60. The maximum Gasteiger partial charge on any atom is 0.339 e. The molecule has 100 valence electrons. The van der Waals surface area contributed by atoms with E-state index in [4.69, 9.17) is 0 Å². The van der Waals surface area contributed by atoms with E-state index in [0.29, 0.717) is 11.4 Å². The van der Waals surface area contributed by atoms with Gasteiger partial charge in [0, 0.05) is 17.3 Å². The maximum absolute atomic E-state index is 11.3. The zero-order valence-corrected chi connectivity index (χ0v) is 11.8. The molecule has 1 atom stereocenters. The molecule has 0 aliphatic heterocycles. The van der Waals surface area contributed by atoms with Gasteiger partial charge in [-0.3, -0.25) is 0 Å². The van der Waals surface area contributed by atoms with Crippen LogP contribution in [-0.4, -0.2) is 21.0 Å². The molecule has 19 heavy (non-hydrogen) atoms. The van der Waals surface area contributed by atoms with Crippen LogP contribution in [0.4, 0.5) is 5.82 Å². The summed E-state index contributed by atoms with van der Waals surface area (Å²) in [5.41, 5.74) is 1.86. The first-order valence-corrected chi connectivity index (χ1v) is 6.74. The van der Waals surface area contributed by atoms with Crippen LogP contribution in [0, 0.1) is 13.8 Å². The van der Waals surface area contributed by atoms with E-state index in [1.807, 2.05) is 19.2 Å². The van der Waals surface area contributed by atoms with Gasteiger partial charge in [0.15, 0.2) is 0 Å². The molecular weight excluding hydrogens is 262 g/mol. The molecule has 0 radical (unpaired) electrons. The van der Waals surface area contributed by atoms with Crippen molar-refractivity contribution in [3.05, 3.63) is 39.5 Å². The minimum atomic E-state index is -0.976. The number of aromatic carboxylic acids is 1. The second-order valence-electron chi connectivity index (χ2n) is 4.35. The fourth-order valence-corrected chi connectivity index (χ4v) is 2.58. The number of carboxylic acid groups (broad SMARTS) is 1. The van der Waals surface area contributed by atoms with E-state index in [1.165, 1.54) is 0 Å². The zero-order chi connectivity index (χ0) is 14.0. The lowest BCUT2D eigenvalue weighted by Gasteiger charge is -2.14. The molecule has 0 aliphatic rings. The fourth-order valence-electron chi connectivity index (χ4n) is 1.78. The number of pyridine rings is 1. The first-order chi connectivity index (χ1) is 8.99. The molecule has 5 nitrogen and oxygen atoms in total. The van der Waals surface area contributed by atoms with Gasteiger partial charge in [0.1, 0.15) is 16.4 Å². The Bertz CT molecular complexity index is 610. The molecule has 2 N–H and O–H groups in total. The van der Waals surface area contributed by atoms with Gasteiger partial charge in [-0.15, -0.1) is 11.3 Å². The van der Waals surface area contributed by atoms with Gasteiger partial charge in [-0.2, -0.15) is 0 Å². The summed E-state index contributed by atoms with van der Waals surface area (Å²) >= 11 is 1.55. The monoisotopic (exact) mass is 277 g/mol. The Hall–Kier alpha value is -1.95. The first kappa shape index (κ1) is 13.5. The molecule has 2 heterocycles. The minimum absolute atomic E-state index is 0.0777. The molecule has 0 fully saturated rings. The topological polar surface area (TPSA) is 75.1 Å². The van der Waals surface area contributed by atoms with E-state index in [9.17, 15) is 9.90 Å². The van der Waals surface area contributed by atoms with Gasteiger partial charge < -0.3 is 10.4 Å². The number of carboxylic acids is 1. The van der Waals surface area contributed by atoms with Crippen molar-refractivity contribution in [3.63, 3.8) is 0 Å². The van der Waals surface area contributed by atoms with Crippen LogP contribution in [0.5, 0.6) is 0 Å². The maximum atomic E-state index is 11.3. The molecule has 2 aromatic rings. The number of aromatic nitrogens is 2. The Labute approximate surface area is 115 Å². The molecule has 6 heteroatoms. The standard InChI is InChI=1S/C13H15N3O2S/c1-7-4-5-14-11(10(7)13(17)18)16-9(3)12-15-8(2)6-19-12/h4-6,9H,1-3H3,(H,14,16)(H,17,18). The summed E-state index contributed by atoms with van der Waals surface area (Å²) in [6, 6.07) is 1.61. The van der Waals surface area contributed by atoms with Crippen LogP contribution in [-0.2, 0) is 0 Å². The number of hydrogen-bond acceptors (Lipinski definition) is 5. The number of thiazole rings is 1. The van der Waals surface area contributed by atoms with E-state index in [0.717, 1.165) is 10.7 Å². The SMILES string of the molecule is Cc1csc(C(C)Nc2nccc(C)c2C(=O)O)n1. The van der Waals surface area contributed by atoms with E-state index in [2.05, 4.69) is 15.3 Å². The molecule has 0 saturated carbocycles. The van der Waals surface area contributed by atoms with Crippen molar-refractivity contribution in [3.8, 4) is 0 Å². The second kappa shape index (κ2) is 5.36. The number of anilines is 1. The van der Waals surface area contributed by atoms with E-state index < -0.39 is 5.97 Å². The lowest BCUT2D eigenvalue weighted by atomic mass is 10.1. The molecule has 0 saturated heterocycles. The smallest absolute Gasteiger partial charge is 0.339 e. The normalized spacial score (nSPS) is 12.2. The molecule has 0 aliphatic carbocycles. The lowest BCUT2D eigenvalue weighted by Crippen LogP contribution is -2.13. The fraction of sp³-hybridized carbons (Fsp3) is 0.308. The van der Waals surface area contributed by atoms with Gasteiger partial charge >= 0.3 is 5.97 Å². The molecule has 0 amide bonds. The number of nitrogens with zero attached hydrogens (tertiary/aromatic N) is 2. The Kier molecular flexibility index (Phi) is 3.80. The molecule has 2 rings (SSSR count). The van der Waals surface area contributed by atoms with Crippen molar-refractivity contribution in [1.29, 1.82) is 0 Å². The van der Waals surface area contributed by atoms with Crippen LogP contribution in [0.3, 0.4) is 0 Å². The lowest BCUT2D eigenvalue weighted by molar-refractivity contribution is 0.0697. The highest BCUT2D eigenvalue weighted by Gasteiger charge is 2.17. The van der Waals surface area contributed by atoms with Gasteiger partial charge in [0.2, 0.25) is 0 Å². The van der Waals surface area contributed by atoms with Crippen LogP contribution in [0.2, 0.25) is 0 Å². The Morgan fingerprint density at radius 3 is 2.79 bits per heavy atom. The van der Waals surface area contributed by atoms with E-state index >= 15 is 0 Å². The summed E-state index contributed by atoms with van der Waals surface area (Å²) in [6.45, 7) is 5.63. The number of hydrogen-bond donors (Lipinski definition) is 2. The number of nitrogens with one attached hydrogen (secondary N) is 1. The minimum Gasteiger partial charge on any atom is -0.478 e. The largest absolute Gasteiger partial charge is 0.478 e. The molecule has 0 spiro atoms. The summed E-state index contributed by atoms with van der Waals surface area (Å²) in [7, 11) is 0. The van der Waals surface area contributed by atoms with E-state index in [1.54, 1.807) is 30.5 Å². The molecule has 0 aromatic carbocycles. The van der Waals surface area contributed by atoms with Crippen molar-refractivity contribution in [2.24, 2.45) is 0 Å². The average molecular weight is 277 g/mol. The van der Waals surface area contributed by atoms with Gasteiger partial charge in [-0.1, -0.05) is 0 Å². The quantitative estimate of drug-likeness (QED) is 0.898. The highest BCUT2D eigenvalue weighted by atomic mass is 32.1. The summed E-state index contributed by atoms with van der Waals surface area (Å²) < 4.78 is 0. The third kappa shape index (κ3) is 2.90. The molecule has 1 unspecified atom stereocenters. The van der Waals surface area contributed by atoms with Crippen LogP contribution in [0.1, 0.15) is 39.6 Å². The van der Waals surface area contributed by atoms with E-state index in [-0.39, 0.29) is 11.6 Å². The Morgan fingerprint density at radius 1 is 1.47 bits per heavy atom. The van der Waals surface area contributed by atoms with Crippen LogP contribution < -0.4 is 5.32 Å².